The van der Waals surface area contributed by atoms with E-state index in [1.165, 1.54) is 5.56 Å². The summed E-state index contributed by atoms with van der Waals surface area (Å²) in [5.41, 5.74) is 6.77. The summed E-state index contributed by atoms with van der Waals surface area (Å²) in [5, 5.41) is 20.0. The van der Waals surface area contributed by atoms with Gasteiger partial charge in [0.05, 0.1) is 11.1 Å². The maximum absolute atomic E-state index is 12.2. The van der Waals surface area contributed by atoms with E-state index < -0.39 is 11.9 Å². The van der Waals surface area contributed by atoms with E-state index in [0.29, 0.717) is 17.5 Å². The number of carboxylic acids is 2. The molecule has 0 radical (unpaired) electrons. The molecule has 4 nitrogen and oxygen atoms in total. The molecule has 172 valence electrons. The van der Waals surface area contributed by atoms with Crippen molar-refractivity contribution in [2.45, 2.75) is 59.3 Å². The fourth-order valence-electron chi connectivity index (χ4n) is 4.60. The van der Waals surface area contributed by atoms with Crippen LogP contribution in [0.25, 0.3) is 22.3 Å². The first-order valence-electron chi connectivity index (χ1n) is 11.7. The van der Waals surface area contributed by atoms with Crippen LogP contribution in [0.2, 0.25) is 0 Å². The van der Waals surface area contributed by atoms with Crippen molar-refractivity contribution in [2.75, 3.05) is 0 Å². The number of aromatic carboxylic acids is 2. The molecule has 0 heterocycles. The van der Waals surface area contributed by atoms with Crippen LogP contribution in [0.4, 0.5) is 0 Å². The van der Waals surface area contributed by atoms with Gasteiger partial charge < -0.3 is 10.2 Å². The van der Waals surface area contributed by atoms with E-state index >= 15 is 0 Å². The van der Waals surface area contributed by atoms with Crippen LogP contribution in [-0.2, 0) is 12.8 Å². The van der Waals surface area contributed by atoms with Gasteiger partial charge in [-0.3, -0.25) is 0 Å². The minimum Gasteiger partial charge on any atom is -0.478 e. The molecule has 0 amide bonds. The number of hydrogen-bond acceptors (Lipinski definition) is 2. The molecule has 0 bridgehead atoms. The minimum absolute atomic E-state index is 0.222. The number of rotatable bonds is 9. The first-order chi connectivity index (χ1) is 15.8. The van der Waals surface area contributed by atoms with Crippen LogP contribution < -0.4 is 0 Å². The van der Waals surface area contributed by atoms with Crippen molar-refractivity contribution < 1.29 is 19.8 Å². The predicted octanol–water partition coefficient (Wildman–Crippen LogP) is 7.45. The molecule has 0 aliphatic heterocycles. The zero-order valence-corrected chi connectivity index (χ0v) is 19.8. The normalized spacial score (nSPS) is 11.1. The Kier molecular flexibility index (Phi) is 7.70. The molecule has 0 aliphatic carbocycles. The Morgan fingerprint density at radius 2 is 1.33 bits per heavy atom. The summed E-state index contributed by atoms with van der Waals surface area (Å²) < 4.78 is 0. The second kappa shape index (κ2) is 10.5. The standard InChI is InChI=1S/C29H32O4/c1-5-7-12-22-25(18(3)4)17-19(6-2)26(20-13-8-10-15-23(20)28(30)31)27(22)21-14-9-11-16-24(21)29(32)33/h8-11,13-18H,5-7,12H2,1-4H3,(H,30,31)(H,32,33). The van der Waals surface area contributed by atoms with E-state index in [4.69, 9.17) is 0 Å². The van der Waals surface area contributed by atoms with Gasteiger partial charge in [-0.25, -0.2) is 9.59 Å². The molecule has 2 N–H and O–H groups in total. The number of hydrogen-bond donors (Lipinski definition) is 2. The lowest BCUT2D eigenvalue weighted by Crippen LogP contribution is -2.09. The second-order valence-corrected chi connectivity index (χ2v) is 8.67. The zero-order chi connectivity index (χ0) is 24.1. The molecule has 3 aromatic carbocycles. The van der Waals surface area contributed by atoms with Gasteiger partial charge in [0.2, 0.25) is 0 Å². The lowest BCUT2D eigenvalue weighted by atomic mass is 9.78. The lowest BCUT2D eigenvalue weighted by molar-refractivity contribution is 0.0686. The van der Waals surface area contributed by atoms with Crippen LogP contribution >= 0.6 is 0 Å². The zero-order valence-electron chi connectivity index (χ0n) is 19.8. The minimum atomic E-state index is -0.992. The Morgan fingerprint density at radius 1 is 0.818 bits per heavy atom. The average Bonchev–Trinajstić information content (AvgIpc) is 2.81. The molecule has 0 fully saturated rings. The van der Waals surface area contributed by atoms with Crippen molar-refractivity contribution in [1.29, 1.82) is 0 Å². The van der Waals surface area contributed by atoms with Gasteiger partial charge in [0.25, 0.3) is 0 Å². The molecule has 0 aromatic heterocycles. The summed E-state index contributed by atoms with van der Waals surface area (Å²) in [6.45, 7) is 8.51. The molecule has 0 saturated carbocycles. The highest BCUT2D eigenvalue weighted by Crippen LogP contribution is 2.44. The molecule has 0 spiro atoms. The van der Waals surface area contributed by atoms with Crippen molar-refractivity contribution >= 4 is 11.9 Å². The van der Waals surface area contributed by atoms with E-state index in [-0.39, 0.29) is 17.0 Å². The Balaban J connectivity index is 2.58. The van der Waals surface area contributed by atoms with Crippen LogP contribution in [-0.4, -0.2) is 22.2 Å². The summed E-state index contributed by atoms with van der Waals surface area (Å²) in [6, 6.07) is 16.3. The summed E-state index contributed by atoms with van der Waals surface area (Å²) in [7, 11) is 0. The molecule has 33 heavy (non-hydrogen) atoms. The fourth-order valence-corrected chi connectivity index (χ4v) is 4.60. The maximum atomic E-state index is 12.2. The second-order valence-electron chi connectivity index (χ2n) is 8.67. The highest BCUT2D eigenvalue weighted by Gasteiger charge is 2.26. The van der Waals surface area contributed by atoms with Crippen LogP contribution in [0, 0.1) is 0 Å². The summed E-state index contributed by atoms with van der Waals surface area (Å²) >= 11 is 0. The van der Waals surface area contributed by atoms with E-state index in [1.807, 2.05) is 24.3 Å². The Bertz CT molecular complexity index is 1170. The summed E-state index contributed by atoms with van der Waals surface area (Å²) in [5.74, 6) is -1.73. The van der Waals surface area contributed by atoms with E-state index in [2.05, 4.69) is 33.8 Å². The van der Waals surface area contributed by atoms with Crippen molar-refractivity contribution in [2.24, 2.45) is 0 Å². The Labute approximate surface area is 195 Å². The van der Waals surface area contributed by atoms with Crippen molar-refractivity contribution in [1.82, 2.24) is 0 Å². The first kappa shape index (κ1) is 24.2. The monoisotopic (exact) mass is 444 g/mol. The molecule has 3 rings (SSSR count). The van der Waals surface area contributed by atoms with E-state index in [9.17, 15) is 19.8 Å². The molecular formula is C29H32O4. The smallest absolute Gasteiger partial charge is 0.336 e. The highest BCUT2D eigenvalue weighted by atomic mass is 16.4. The Morgan fingerprint density at radius 3 is 1.79 bits per heavy atom. The number of aryl methyl sites for hydroxylation is 1. The van der Waals surface area contributed by atoms with Gasteiger partial charge in [-0.2, -0.15) is 0 Å². The third-order valence-corrected chi connectivity index (χ3v) is 6.19. The van der Waals surface area contributed by atoms with Crippen LogP contribution in [0.3, 0.4) is 0 Å². The van der Waals surface area contributed by atoms with E-state index in [0.717, 1.165) is 41.5 Å². The van der Waals surface area contributed by atoms with Gasteiger partial charge in [0.15, 0.2) is 0 Å². The van der Waals surface area contributed by atoms with Gasteiger partial charge in [0, 0.05) is 0 Å². The summed E-state index contributed by atoms with van der Waals surface area (Å²) in [4.78, 5) is 24.4. The van der Waals surface area contributed by atoms with Gasteiger partial charge >= 0.3 is 11.9 Å². The van der Waals surface area contributed by atoms with Gasteiger partial charge in [-0.15, -0.1) is 0 Å². The third-order valence-electron chi connectivity index (χ3n) is 6.19. The molecule has 0 saturated heterocycles. The molecule has 0 aliphatic rings. The van der Waals surface area contributed by atoms with Crippen LogP contribution in [0.5, 0.6) is 0 Å². The van der Waals surface area contributed by atoms with Crippen LogP contribution in [0.1, 0.15) is 83.9 Å². The number of unbranched alkanes of at least 4 members (excludes halogenated alkanes) is 1. The largest absolute Gasteiger partial charge is 0.478 e. The lowest BCUT2D eigenvalue weighted by Gasteiger charge is -2.26. The first-order valence-corrected chi connectivity index (χ1v) is 11.7. The number of carbonyl (C=O) groups is 2. The quantitative estimate of drug-likeness (QED) is 0.359. The van der Waals surface area contributed by atoms with Gasteiger partial charge in [-0.05, 0) is 76.3 Å². The molecule has 4 heteroatoms. The summed E-state index contributed by atoms with van der Waals surface area (Å²) in [6.07, 6.45) is 3.49. The third kappa shape index (κ3) is 4.85. The van der Waals surface area contributed by atoms with Crippen LogP contribution in [0.15, 0.2) is 54.6 Å². The SMILES string of the molecule is CCCCc1c(C(C)C)cc(CC)c(-c2ccccc2C(=O)O)c1-c1ccccc1C(=O)O. The van der Waals surface area contributed by atoms with Crippen molar-refractivity contribution in [3.8, 4) is 22.3 Å². The van der Waals surface area contributed by atoms with E-state index in [1.54, 1.807) is 24.3 Å². The van der Waals surface area contributed by atoms with Gasteiger partial charge in [0.1, 0.15) is 0 Å². The van der Waals surface area contributed by atoms with Gasteiger partial charge in [-0.1, -0.05) is 76.6 Å². The molecule has 0 atom stereocenters. The number of carboxylic acid groups (broad SMARTS) is 2. The maximum Gasteiger partial charge on any atom is 0.336 e. The highest BCUT2D eigenvalue weighted by molar-refractivity contribution is 6.04. The molecule has 3 aromatic rings. The molecular weight excluding hydrogens is 412 g/mol. The average molecular weight is 445 g/mol. The van der Waals surface area contributed by atoms with Crippen molar-refractivity contribution in [3.63, 3.8) is 0 Å². The van der Waals surface area contributed by atoms with Crippen molar-refractivity contribution in [3.05, 3.63) is 82.4 Å². The topological polar surface area (TPSA) is 74.6 Å². The Hall–Kier alpha value is -3.40. The predicted molar refractivity (Wildman–Crippen MR) is 133 cm³/mol. The molecule has 0 unspecified atom stereocenters. The fraction of sp³-hybridized carbons (Fsp3) is 0.310. The number of benzene rings is 3.